The standard InChI is InChI=1S/C24H18N2O4/c1-16-6-10-18(11-7-16)24(29)30-20-12-8-17(9-13-20)14-19(15-25)23(28)26-21-4-2-3-5-22(21)27/h2-14,27H,1H3,(H,26,28)/b19-14-. The van der Waals surface area contributed by atoms with Crippen LogP contribution in [0.1, 0.15) is 21.5 Å². The molecule has 6 heteroatoms. The normalized spacial score (nSPS) is 10.7. The molecule has 6 nitrogen and oxygen atoms in total. The molecule has 3 aromatic carbocycles. The summed E-state index contributed by atoms with van der Waals surface area (Å²) < 4.78 is 5.33. The van der Waals surface area contributed by atoms with Gasteiger partial charge in [0.05, 0.1) is 11.3 Å². The van der Waals surface area contributed by atoms with E-state index in [1.807, 2.05) is 25.1 Å². The molecule has 0 aliphatic carbocycles. The molecule has 0 atom stereocenters. The number of aryl methyl sites for hydroxylation is 1. The van der Waals surface area contributed by atoms with Crippen molar-refractivity contribution in [3.8, 4) is 17.6 Å². The number of benzene rings is 3. The average Bonchev–Trinajstić information content (AvgIpc) is 2.75. The molecule has 0 aromatic heterocycles. The molecule has 30 heavy (non-hydrogen) atoms. The number of aromatic hydroxyl groups is 1. The van der Waals surface area contributed by atoms with Crippen LogP contribution in [0.5, 0.6) is 11.5 Å². The lowest BCUT2D eigenvalue weighted by Crippen LogP contribution is -2.13. The fourth-order valence-electron chi connectivity index (χ4n) is 2.57. The summed E-state index contributed by atoms with van der Waals surface area (Å²) in [6, 6.07) is 21.5. The number of para-hydroxylation sites is 2. The van der Waals surface area contributed by atoms with Crippen molar-refractivity contribution in [3.63, 3.8) is 0 Å². The van der Waals surface area contributed by atoms with Gasteiger partial charge in [0.25, 0.3) is 5.91 Å². The number of ether oxygens (including phenoxy) is 1. The predicted molar refractivity (Wildman–Crippen MR) is 113 cm³/mol. The van der Waals surface area contributed by atoms with Crippen LogP contribution in [0.2, 0.25) is 0 Å². The third-order valence-electron chi connectivity index (χ3n) is 4.21. The van der Waals surface area contributed by atoms with E-state index in [4.69, 9.17) is 4.74 Å². The van der Waals surface area contributed by atoms with E-state index in [-0.39, 0.29) is 17.0 Å². The van der Waals surface area contributed by atoms with Gasteiger partial charge in [0.1, 0.15) is 23.1 Å². The minimum Gasteiger partial charge on any atom is -0.506 e. The lowest BCUT2D eigenvalue weighted by atomic mass is 10.1. The number of rotatable bonds is 5. The highest BCUT2D eigenvalue weighted by Gasteiger charge is 2.12. The van der Waals surface area contributed by atoms with Crippen molar-refractivity contribution in [1.29, 1.82) is 5.26 Å². The van der Waals surface area contributed by atoms with E-state index in [9.17, 15) is 20.0 Å². The largest absolute Gasteiger partial charge is 0.506 e. The summed E-state index contributed by atoms with van der Waals surface area (Å²) in [7, 11) is 0. The second-order valence-electron chi connectivity index (χ2n) is 6.47. The molecule has 1 amide bonds. The Morgan fingerprint density at radius 2 is 1.67 bits per heavy atom. The Morgan fingerprint density at radius 3 is 2.30 bits per heavy atom. The van der Waals surface area contributed by atoms with Crippen molar-refractivity contribution in [2.75, 3.05) is 5.32 Å². The second-order valence-corrected chi connectivity index (χ2v) is 6.47. The summed E-state index contributed by atoms with van der Waals surface area (Å²) in [6.45, 7) is 1.93. The molecular formula is C24H18N2O4. The molecule has 148 valence electrons. The molecule has 2 N–H and O–H groups in total. The van der Waals surface area contributed by atoms with E-state index < -0.39 is 11.9 Å². The van der Waals surface area contributed by atoms with Crippen molar-refractivity contribution < 1.29 is 19.4 Å². The Bertz CT molecular complexity index is 1140. The molecule has 0 aliphatic heterocycles. The third-order valence-corrected chi connectivity index (χ3v) is 4.21. The first kappa shape index (κ1) is 20.4. The lowest BCUT2D eigenvalue weighted by Gasteiger charge is -2.07. The van der Waals surface area contributed by atoms with E-state index in [0.29, 0.717) is 16.9 Å². The van der Waals surface area contributed by atoms with Crippen molar-refractivity contribution in [2.24, 2.45) is 0 Å². The maximum Gasteiger partial charge on any atom is 0.343 e. The number of nitrogens with one attached hydrogen (secondary N) is 1. The fraction of sp³-hybridized carbons (Fsp3) is 0.0417. The molecule has 0 heterocycles. The van der Waals surface area contributed by atoms with Gasteiger partial charge in [-0.2, -0.15) is 5.26 Å². The van der Waals surface area contributed by atoms with Crippen LogP contribution >= 0.6 is 0 Å². The number of nitriles is 1. The van der Waals surface area contributed by atoms with Crippen LogP contribution in [-0.2, 0) is 4.79 Å². The van der Waals surface area contributed by atoms with Gasteiger partial charge in [-0.25, -0.2) is 4.79 Å². The van der Waals surface area contributed by atoms with Crippen LogP contribution in [0.3, 0.4) is 0 Å². The first-order valence-electron chi connectivity index (χ1n) is 9.06. The maximum atomic E-state index is 12.3. The van der Waals surface area contributed by atoms with Gasteiger partial charge in [-0.05, 0) is 55.0 Å². The average molecular weight is 398 g/mol. The van der Waals surface area contributed by atoms with Gasteiger partial charge in [0.15, 0.2) is 0 Å². The van der Waals surface area contributed by atoms with Crippen molar-refractivity contribution in [2.45, 2.75) is 6.92 Å². The van der Waals surface area contributed by atoms with Gasteiger partial charge in [0, 0.05) is 0 Å². The monoisotopic (exact) mass is 398 g/mol. The number of carbonyl (C=O) groups excluding carboxylic acids is 2. The summed E-state index contributed by atoms with van der Waals surface area (Å²) in [4.78, 5) is 24.5. The van der Waals surface area contributed by atoms with E-state index >= 15 is 0 Å². The molecule has 0 bridgehead atoms. The smallest absolute Gasteiger partial charge is 0.343 e. The number of phenols is 1. The topological polar surface area (TPSA) is 99.4 Å². The summed E-state index contributed by atoms with van der Waals surface area (Å²) >= 11 is 0. The van der Waals surface area contributed by atoms with Gasteiger partial charge in [-0.15, -0.1) is 0 Å². The summed E-state index contributed by atoms with van der Waals surface area (Å²) in [5.74, 6) is -0.871. The maximum absolute atomic E-state index is 12.3. The van der Waals surface area contributed by atoms with Crippen LogP contribution in [0.25, 0.3) is 6.08 Å². The number of amides is 1. The van der Waals surface area contributed by atoms with E-state index in [2.05, 4.69) is 5.32 Å². The number of esters is 1. The molecule has 0 unspecified atom stereocenters. The van der Waals surface area contributed by atoms with Gasteiger partial charge >= 0.3 is 5.97 Å². The van der Waals surface area contributed by atoms with Gasteiger partial charge in [0.2, 0.25) is 0 Å². The van der Waals surface area contributed by atoms with Gasteiger partial charge < -0.3 is 15.2 Å². The molecular weight excluding hydrogens is 380 g/mol. The van der Waals surface area contributed by atoms with Crippen molar-refractivity contribution in [3.05, 3.63) is 95.1 Å². The molecule has 3 rings (SSSR count). The van der Waals surface area contributed by atoms with Crippen LogP contribution in [-0.4, -0.2) is 17.0 Å². The summed E-state index contributed by atoms with van der Waals surface area (Å²) in [5, 5.41) is 21.5. The number of nitrogens with zero attached hydrogens (tertiary/aromatic N) is 1. The van der Waals surface area contributed by atoms with E-state index in [1.54, 1.807) is 48.5 Å². The molecule has 0 saturated heterocycles. The Labute approximate surface area is 173 Å². The van der Waals surface area contributed by atoms with Gasteiger partial charge in [-0.3, -0.25) is 4.79 Å². The highest BCUT2D eigenvalue weighted by atomic mass is 16.5. The third kappa shape index (κ3) is 5.12. The SMILES string of the molecule is Cc1ccc(C(=O)Oc2ccc(/C=C(/C#N)C(=O)Nc3ccccc3O)cc2)cc1. The molecule has 0 spiro atoms. The number of phenolic OH excluding ortho intramolecular Hbond substituents is 1. The first-order valence-corrected chi connectivity index (χ1v) is 9.06. The fourth-order valence-corrected chi connectivity index (χ4v) is 2.57. The van der Waals surface area contributed by atoms with E-state index in [0.717, 1.165) is 5.56 Å². The molecule has 0 radical (unpaired) electrons. The molecule has 0 saturated carbocycles. The summed E-state index contributed by atoms with van der Waals surface area (Å²) in [6.07, 6.45) is 1.40. The second kappa shape index (κ2) is 9.22. The Balaban J connectivity index is 1.69. The molecule has 3 aromatic rings. The Morgan fingerprint density at radius 1 is 1.00 bits per heavy atom. The molecule has 0 fully saturated rings. The number of carbonyl (C=O) groups is 2. The van der Waals surface area contributed by atoms with Crippen LogP contribution in [0.15, 0.2) is 78.4 Å². The summed E-state index contributed by atoms with van der Waals surface area (Å²) in [5.41, 5.74) is 2.14. The first-order chi connectivity index (χ1) is 14.5. The van der Waals surface area contributed by atoms with Crippen LogP contribution < -0.4 is 10.1 Å². The zero-order chi connectivity index (χ0) is 21.5. The van der Waals surface area contributed by atoms with Crippen molar-refractivity contribution in [1.82, 2.24) is 0 Å². The Kier molecular flexibility index (Phi) is 6.26. The van der Waals surface area contributed by atoms with Crippen molar-refractivity contribution >= 4 is 23.6 Å². The predicted octanol–water partition coefficient (Wildman–Crippen LogP) is 4.47. The number of anilines is 1. The number of hydrogen-bond donors (Lipinski definition) is 2. The minimum atomic E-state index is -0.645. The highest BCUT2D eigenvalue weighted by Crippen LogP contribution is 2.22. The number of hydrogen-bond acceptors (Lipinski definition) is 5. The minimum absolute atomic E-state index is 0.0946. The lowest BCUT2D eigenvalue weighted by molar-refractivity contribution is -0.112. The van der Waals surface area contributed by atoms with Crippen LogP contribution in [0, 0.1) is 18.3 Å². The van der Waals surface area contributed by atoms with Gasteiger partial charge in [-0.1, -0.05) is 42.0 Å². The van der Waals surface area contributed by atoms with E-state index in [1.165, 1.54) is 18.2 Å². The quantitative estimate of drug-likeness (QED) is 0.217. The zero-order valence-electron chi connectivity index (χ0n) is 16.1. The zero-order valence-corrected chi connectivity index (χ0v) is 16.1. The molecule has 0 aliphatic rings. The van der Waals surface area contributed by atoms with Crippen LogP contribution in [0.4, 0.5) is 5.69 Å². The highest BCUT2D eigenvalue weighted by molar-refractivity contribution is 6.10. The Hall–Kier alpha value is -4.37.